The molecule has 1 rings (SSSR count). The van der Waals surface area contributed by atoms with Crippen LogP contribution in [0.3, 0.4) is 0 Å². The molecule has 2 amide bonds. The van der Waals surface area contributed by atoms with Crippen molar-refractivity contribution >= 4 is 6.03 Å². The highest BCUT2D eigenvalue weighted by Crippen LogP contribution is 2.17. The molecule has 0 fully saturated rings. The smallest absolute Gasteiger partial charge is 0.314 e. The van der Waals surface area contributed by atoms with Gasteiger partial charge in [0.1, 0.15) is 0 Å². The van der Waals surface area contributed by atoms with Gasteiger partial charge >= 0.3 is 6.03 Å². The van der Waals surface area contributed by atoms with E-state index < -0.39 is 0 Å². The lowest BCUT2D eigenvalue weighted by Gasteiger charge is -2.19. The van der Waals surface area contributed by atoms with Crippen molar-refractivity contribution in [3.05, 3.63) is 35.4 Å². The number of aryl methyl sites for hydroxylation is 1. The molecular formula is C15H24N2O4. The Morgan fingerprint density at radius 3 is 2.57 bits per heavy atom. The Hall–Kier alpha value is -1.63. The van der Waals surface area contributed by atoms with Crippen molar-refractivity contribution in [3.8, 4) is 0 Å². The molecule has 3 N–H and O–H groups in total. The highest BCUT2D eigenvalue weighted by Gasteiger charge is 2.13. The molecular weight excluding hydrogens is 272 g/mol. The van der Waals surface area contributed by atoms with Crippen LogP contribution in [0.25, 0.3) is 0 Å². The normalized spacial score (nSPS) is 12.0. The van der Waals surface area contributed by atoms with E-state index in [0.29, 0.717) is 19.7 Å². The topological polar surface area (TPSA) is 79.8 Å². The Morgan fingerprint density at radius 2 is 1.95 bits per heavy atom. The first-order valence-corrected chi connectivity index (χ1v) is 6.97. The SMILES string of the molecule is COCCNC(=O)NCC(OCCO)c1ccc(C)cc1. The number of benzene rings is 1. The molecule has 0 aliphatic carbocycles. The maximum absolute atomic E-state index is 11.6. The molecule has 6 nitrogen and oxygen atoms in total. The maximum Gasteiger partial charge on any atom is 0.314 e. The van der Waals surface area contributed by atoms with Crippen LogP contribution >= 0.6 is 0 Å². The Labute approximate surface area is 125 Å². The molecule has 1 atom stereocenters. The summed E-state index contributed by atoms with van der Waals surface area (Å²) < 4.78 is 10.4. The molecule has 0 radical (unpaired) electrons. The summed E-state index contributed by atoms with van der Waals surface area (Å²) in [6.45, 7) is 3.44. The van der Waals surface area contributed by atoms with Crippen molar-refractivity contribution in [2.24, 2.45) is 0 Å². The van der Waals surface area contributed by atoms with E-state index in [1.807, 2.05) is 31.2 Å². The van der Waals surface area contributed by atoms with Crippen LogP contribution in [0.1, 0.15) is 17.2 Å². The third-order valence-electron chi connectivity index (χ3n) is 2.90. The molecule has 0 spiro atoms. The summed E-state index contributed by atoms with van der Waals surface area (Å²) >= 11 is 0. The summed E-state index contributed by atoms with van der Waals surface area (Å²) in [5.41, 5.74) is 2.12. The van der Waals surface area contributed by atoms with E-state index in [-0.39, 0.29) is 25.3 Å². The van der Waals surface area contributed by atoms with Crippen LogP contribution < -0.4 is 10.6 Å². The average Bonchev–Trinajstić information content (AvgIpc) is 2.49. The molecule has 1 unspecified atom stereocenters. The predicted molar refractivity (Wildman–Crippen MR) is 80.2 cm³/mol. The standard InChI is InChI=1S/C15H24N2O4/c1-12-3-5-13(6-4-12)14(21-10-8-18)11-17-15(19)16-7-9-20-2/h3-6,14,18H,7-11H2,1-2H3,(H2,16,17,19). The highest BCUT2D eigenvalue weighted by molar-refractivity contribution is 5.73. The molecule has 6 heteroatoms. The molecule has 21 heavy (non-hydrogen) atoms. The van der Waals surface area contributed by atoms with Gasteiger partial charge in [0.2, 0.25) is 0 Å². The van der Waals surface area contributed by atoms with Gasteiger partial charge in [-0.15, -0.1) is 0 Å². The van der Waals surface area contributed by atoms with Crippen molar-refractivity contribution in [2.75, 3.05) is 40.0 Å². The second-order valence-electron chi connectivity index (χ2n) is 4.62. The van der Waals surface area contributed by atoms with Gasteiger partial charge in [-0.1, -0.05) is 29.8 Å². The monoisotopic (exact) mass is 296 g/mol. The zero-order valence-electron chi connectivity index (χ0n) is 12.6. The lowest BCUT2D eigenvalue weighted by molar-refractivity contribution is 0.0294. The van der Waals surface area contributed by atoms with Crippen molar-refractivity contribution in [1.29, 1.82) is 0 Å². The molecule has 0 saturated carbocycles. The molecule has 0 heterocycles. The van der Waals surface area contributed by atoms with Crippen LogP contribution in [0, 0.1) is 6.92 Å². The maximum atomic E-state index is 11.6. The van der Waals surface area contributed by atoms with Gasteiger partial charge in [0, 0.05) is 20.2 Å². The van der Waals surface area contributed by atoms with E-state index in [2.05, 4.69) is 10.6 Å². The van der Waals surface area contributed by atoms with Crippen LogP contribution in [0.2, 0.25) is 0 Å². The van der Waals surface area contributed by atoms with Crippen LogP contribution in [0.5, 0.6) is 0 Å². The lowest BCUT2D eigenvalue weighted by atomic mass is 10.1. The van der Waals surface area contributed by atoms with Gasteiger partial charge in [-0.25, -0.2) is 4.79 Å². The Morgan fingerprint density at radius 1 is 1.24 bits per heavy atom. The van der Waals surface area contributed by atoms with E-state index in [4.69, 9.17) is 14.6 Å². The summed E-state index contributed by atoms with van der Waals surface area (Å²) in [6, 6.07) is 7.63. The van der Waals surface area contributed by atoms with Crippen molar-refractivity contribution in [2.45, 2.75) is 13.0 Å². The minimum atomic E-state index is -0.286. The van der Waals surface area contributed by atoms with Gasteiger partial charge < -0.3 is 25.2 Å². The quantitative estimate of drug-likeness (QED) is 0.594. The fraction of sp³-hybridized carbons (Fsp3) is 0.533. The minimum Gasteiger partial charge on any atom is -0.394 e. The van der Waals surface area contributed by atoms with Crippen LogP contribution in [0.15, 0.2) is 24.3 Å². The Bertz CT molecular complexity index is 409. The molecule has 118 valence electrons. The largest absolute Gasteiger partial charge is 0.394 e. The van der Waals surface area contributed by atoms with E-state index >= 15 is 0 Å². The van der Waals surface area contributed by atoms with Crippen LogP contribution in [0.4, 0.5) is 4.79 Å². The zero-order valence-corrected chi connectivity index (χ0v) is 12.6. The number of carbonyl (C=O) groups excluding carboxylic acids is 1. The first kappa shape index (κ1) is 17.4. The number of rotatable bonds is 9. The number of nitrogens with one attached hydrogen (secondary N) is 2. The third-order valence-corrected chi connectivity index (χ3v) is 2.90. The number of aliphatic hydroxyl groups excluding tert-OH is 1. The van der Waals surface area contributed by atoms with E-state index in [9.17, 15) is 4.79 Å². The van der Waals surface area contributed by atoms with Crippen molar-refractivity contribution in [3.63, 3.8) is 0 Å². The number of methoxy groups -OCH3 is 1. The summed E-state index contributed by atoms with van der Waals surface area (Å²) in [7, 11) is 1.58. The molecule has 1 aromatic carbocycles. The van der Waals surface area contributed by atoms with Gasteiger partial charge in [0.25, 0.3) is 0 Å². The van der Waals surface area contributed by atoms with E-state index in [0.717, 1.165) is 11.1 Å². The number of hydrogen-bond acceptors (Lipinski definition) is 4. The Kier molecular flexibility index (Phi) is 8.42. The fourth-order valence-electron chi connectivity index (χ4n) is 1.76. The highest BCUT2D eigenvalue weighted by atomic mass is 16.5. The predicted octanol–water partition coefficient (Wildman–Crippen LogP) is 0.991. The number of hydrogen-bond donors (Lipinski definition) is 3. The second kappa shape index (κ2) is 10.1. The zero-order chi connectivity index (χ0) is 15.5. The number of aliphatic hydroxyl groups is 1. The van der Waals surface area contributed by atoms with Gasteiger partial charge in [-0.05, 0) is 12.5 Å². The summed E-state index contributed by atoms with van der Waals surface area (Å²) in [4.78, 5) is 11.6. The van der Waals surface area contributed by atoms with Gasteiger partial charge in [-0.3, -0.25) is 0 Å². The van der Waals surface area contributed by atoms with E-state index in [1.165, 1.54) is 0 Å². The number of ether oxygens (including phenoxy) is 2. The van der Waals surface area contributed by atoms with Gasteiger partial charge in [0.05, 0.1) is 25.9 Å². The number of urea groups is 1. The second-order valence-corrected chi connectivity index (χ2v) is 4.62. The first-order chi connectivity index (χ1) is 10.2. The van der Waals surface area contributed by atoms with Crippen LogP contribution in [-0.2, 0) is 9.47 Å². The fourth-order valence-corrected chi connectivity index (χ4v) is 1.76. The van der Waals surface area contributed by atoms with Crippen LogP contribution in [-0.4, -0.2) is 51.2 Å². The van der Waals surface area contributed by atoms with Crippen molar-refractivity contribution < 1.29 is 19.4 Å². The number of carbonyl (C=O) groups is 1. The van der Waals surface area contributed by atoms with Gasteiger partial charge in [-0.2, -0.15) is 0 Å². The lowest BCUT2D eigenvalue weighted by Crippen LogP contribution is -2.39. The van der Waals surface area contributed by atoms with Gasteiger partial charge in [0.15, 0.2) is 0 Å². The summed E-state index contributed by atoms with van der Waals surface area (Å²) in [5.74, 6) is 0. The summed E-state index contributed by atoms with van der Waals surface area (Å²) in [5, 5.41) is 14.3. The molecule has 0 aromatic heterocycles. The third kappa shape index (κ3) is 7.08. The molecule has 0 aliphatic heterocycles. The molecule has 0 saturated heterocycles. The first-order valence-electron chi connectivity index (χ1n) is 6.97. The minimum absolute atomic E-state index is 0.0532. The molecule has 1 aromatic rings. The molecule has 0 bridgehead atoms. The summed E-state index contributed by atoms with van der Waals surface area (Å²) in [6.07, 6.45) is -0.286. The molecule has 0 aliphatic rings. The van der Waals surface area contributed by atoms with Crippen molar-refractivity contribution in [1.82, 2.24) is 10.6 Å². The number of amides is 2. The van der Waals surface area contributed by atoms with E-state index in [1.54, 1.807) is 7.11 Å². The average molecular weight is 296 g/mol. The Balaban J connectivity index is 2.50.